The van der Waals surface area contributed by atoms with E-state index in [0.29, 0.717) is 18.8 Å². The molecule has 0 atom stereocenters. The minimum atomic E-state index is -0.122. The summed E-state index contributed by atoms with van der Waals surface area (Å²) in [7, 11) is 0. The molecule has 0 unspecified atom stereocenters. The average Bonchev–Trinajstić information content (AvgIpc) is 3.21. The summed E-state index contributed by atoms with van der Waals surface area (Å²) in [6, 6.07) is 7.77. The summed E-state index contributed by atoms with van der Waals surface area (Å²) in [5.41, 5.74) is 2.00. The summed E-state index contributed by atoms with van der Waals surface area (Å²) >= 11 is 0. The Balaban J connectivity index is 1.54. The molecule has 0 bridgehead atoms. The fourth-order valence-electron chi connectivity index (χ4n) is 3.23. The predicted molar refractivity (Wildman–Crippen MR) is 83.1 cm³/mol. The maximum atomic E-state index is 12.3. The second-order valence-electron chi connectivity index (χ2n) is 5.70. The summed E-state index contributed by atoms with van der Waals surface area (Å²) in [5, 5.41) is 9.95. The molecule has 23 heavy (non-hydrogen) atoms. The molecule has 2 N–H and O–H groups in total. The highest BCUT2D eigenvalue weighted by Gasteiger charge is 2.27. The van der Waals surface area contributed by atoms with Gasteiger partial charge in [-0.25, -0.2) is 4.79 Å². The van der Waals surface area contributed by atoms with Crippen molar-refractivity contribution >= 4 is 16.9 Å². The number of para-hydroxylation sites is 2. The van der Waals surface area contributed by atoms with Crippen LogP contribution in [0.1, 0.15) is 29.4 Å². The van der Waals surface area contributed by atoms with Gasteiger partial charge in [-0.3, -0.25) is 9.36 Å². The number of imidazole rings is 1. The van der Waals surface area contributed by atoms with Crippen LogP contribution in [-0.2, 0) is 0 Å². The van der Waals surface area contributed by atoms with Crippen molar-refractivity contribution in [2.45, 2.75) is 18.9 Å². The summed E-state index contributed by atoms with van der Waals surface area (Å²) in [6.45, 7) is 1.20. The zero-order valence-corrected chi connectivity index (χ0v) is 12.4. The lowest BCUT2D eigenvalue weighted by Gasteiger charge is -2.32. The van der Waals surface area contributed by atoms with E-state index in [4.69, 9.17) is 0 Å². The average molecular weight is 312 g/mol. The number of piperidine rings is 1. The number of aromatic nitrogens is 5. The van der Waals surface area contributed by atoms with E-state index >= 15 is 0 Å². The maximum Gasteiger partial charge on any atom is 0.326 e. The molecule has 0 radical (unpaired) electrons. The number of nitrogens with zero attached hydrogens (tertiary/aromatic N) is 4. The third-order valence-electron chi connectivity index (χ3n) is 4.37. The zero-order chi connectivity index (χ0) is 15.8. The Labute approximate surface area is 131 Å². The molecule has 1 aliphatic heterocycles. The van der Waals surface area contributed by atoms with Crippen LogP contribution < -0.4 is 5.69 Å². The minimum Gasteiger partial charge on any atom is -0.337 e. The molecule has 2 aromatic heterocycles. The Hall–Kier alpha value is -2.90. The first kappa shape index (κ1) is 13.7. The van der Waals surface area contributed by atoms with Crippen molar-refractivity contribution < 1.29 is 4.79 Å². The van der Waals surface area contributed by atoms with Crippen molar-refractivity contribution in [1.82, 2.24) is 29.9 Å². The van der Waals surface area contributed by atoms with Gasteiger partial charge in [0.25, 0.3) is 5.91 Å². The van der Waals surface area contributed by atoms with Gasteiger partial charge < -0.3 is 9.88 Å². The molecule has 1 aromatic carbocycles. The summed E-state index contributed by atoms with van der Waals surface area (Å²) in [6.07, 6.45) is 2.91. The van der Waals surface area contributed by atoms with E-state index in [0.717, 1.165) is 23.9 Å². The van der Waals surface area contributed by atoms with Crippen molar-refractivity contribution in [1.29, 1.82) is 0 Å². The molecule has 1 fully saturated rings. The Morgan fingerprint density at radius 1 is 1.22 bits per heavy atom. The molecular weight excluding hydrogens is 296 g/mol. The van der Waals surface area contributed by atoms with Crippen LogP contribution >= 0.6 is 0 Å². The van der Waals surface area contributed by atoms with E-state index in [2.05, 4.69) is 20.4 Å². The molecule has 118 valence electrons. The number of carbonyl (C=O) groups is 1. The summed E-state index contributed by atoms with van der Waals surface area (Å²) < 4.78 is 1.81. The number of rotatable bonds is 2. The molecule has 3 heterocycles. The van der Waals surface area contributed by atoms with Gasteiger partial charge in [-0.15, -0.1) is 0 Å². The highest BCUT2D eigenvalue weighted by molar-refractivity contribution is 5.91. The normalized spacial score (nSPS) is 16.1. The molecule has 1 amide bonds. The van der Waals surface area contributed by atoms with E-state index in [1.165, 1.54) is 6.20 Å². The number of likely N-dealkylation sites (tertiary alicyclic amines) is 1. The van der Waals surface area contributed by atoms with Crippen LogP contribution in [0.15, 0.2) is 35.3 Å². The van der Waals surface area contributed by atoms with Gasteiger partial charge in [-0.2, -0.15) is 15.4 Å². The minimum absolute atomic E-state index is 0.0903. The lowest BCUT2D eigenvalue weighted by molar-refractivity contribution is 0.0689. The molecule has 8 heteroatoms. The molecule has 8 nitrogen and oxygen atoms in total. The molecule has 0 spiro atoms. The van der Waals surface area contributed by atoms with Crippen molar-refractivity contribution in [3.63, 3.8) is 0 Å². The number of benzene rings is 1. The number of nitrogens with one attached hydrogen (secondary N) is 2. The number of H-pyrrole nitrogens is 2. The molecular formula is C15H16N6O2. The number of hydrogen-bond acceptors (Lipinski definition) is 4. The highest BCUT2D eigenvalue weighted by Crippen LogP contribution is 2.25. The molecule has 3 aromatic rings. The SMILES string of the molecule is O=C(c1cn[nH]n1)N1CCC(n2c(=O)[nH]c3ccccc32)CC1. The Morgan fingerprint density at radius 3 is 2.74 bits per heavy atom. The Bertz CT molecular complexity index is 886. The first-order valence-corrected chi connectivity index (χ1v) is 7.58. The van der Waals surface area contributed by atoms with Crippen LogP contribution in [0.25, 0.3) is 11.0 Å². The molecule has 0 saturated carbocycles. The fourth-order valence-corrected chi connectivity index (χ4v) is 3.23. The van der Waals surface area contributed by atoms with Crippen LogP contribution in [0.3, 0.4) is 0 Å². The first-order chi connectivity index (χ1) is 11.2. The number of amides is 1. The summed E-state index contributed by atoms with van der Waals surface area (Å²) in [4.78, 5) is 29.1. The standard InChI is InChI=1S/C15H16N6O2/c22-14(12-9-16-19-18-12)20-7-5-10(6-8-20)21-13-4-2-1-3-11(13)17-15(21)23/h1-4,9-10H,5-8H2,(H,17,23)(H,16,18,19). The van der Waals surface area contributed by atoms with E-state index < -0.39 is 0 Å². The van der Waals surface area contributed by atoms with Gasteiger partial charge in [0.15, 0.2) is 5.69 Å². The first-order valence-electron chi connectivity index (χ1n) is 7.58. The van der Waals surface area contributed by atoms with Crippen LogP contribution in [0.4, 0.5) is 0 Å². The van der Waals surface area contributed by atoms with Crippen LogP contribution in [0.5, 0.6) is 0 Å². The number of carbonyl (C=O) groups excluding carboxylic acids is 1. The van der Waals surface area contributed by atoms with Gasteiger partial charge in [0.1, 0.15) is 0 Å². The smallest absolute Gasteiger partial charge is 0.326 e. The third kappa shape index (κ3) is 2.32. The highest BCUT2D eigenvalue weighted by atomic mass is 16.2. The van der Waals surface area contributed by atoms with Gasteiger partial charge in [0.05, 0.1) is 17.2 Å². The summed E-state index contributed by atoms with van der Waals surface area (Å²) in [5.74, 6) is -0.122. The largest absolute Gasteiger partial charge is 0.337 e. The molecule has 1 aliphatic rings. The molecule has 4 rings (SSSR count). The van der Waals surface area contributed by atoms with Crippen LogP contribution in [-0.4, -0.2) is 48.9 Å². The maximum absolute atomic E-state index is 12.3. The van der Waals surface area contributed by atoms with Crippen molar-refractivity contribution in [3.05, 3.63) is 46.6 Å². The quantitative estimate of drug-likeness (QED) is 0.735. The van der Waals surface area contributed by atoms with Gasteiger partial charge in [-0.05, 0) is 25.0 Å². The van der Waals surface area contributed by atoms with E-state index in [9.17, 15) is 9.59 Å². The van der Waals surface area contributed by atoms with Gasteiger partial charge in [0, 0.05) is 19.1 Å². The second-order valence-corrected chi connectivity index (χ2v) is 5.70. The molecule has 1 saturated heterocycles. The van der Waals surface area contributed by atoms with Crippen molar-refractivity contribution in [2.75, 3.05) is 13.1 Å². The van der Waals surface area contributed by atoms with E-state index in [1.807, 2.05) is 28.8 Å². The lowest BCUT2D eigenvalue weighted by atomic mass is 10.0. The van der Waals surface area contributed by atoms with E-state index in [1.54, 1.807) is 4.90 Å². The zero-order valence-electron chi connectivity index (χ0n) is 12.4. The second kappa shape index (κ2) is 5.38. The van der Waals surface area contributed by atoms with Gasteiger partial charge >= 0.3 is 5.69 Å². The molecule has 0 aliphatic carbocycles. The topological polar surface area (TPSA) is 99.7 Å². The van der Waals surface area contributed by atoms with Crippen molar-refractivity contribution in [2.24, 2.45) is 0 Å². The number of fused-ring (bicyclic) bond motifs is 1. The van der Waals surface area contributed by atoms with Crippen molar-refractivity contribution in [3.8, 4) is 0 Å². The van der Waals surface area contributed by atoms with Gasteiger partial charge in [0.2, 0.25) is 0 Å². The van der Waals surface area contributed by atoms with Crippen LogP contribution in [0, 0.1) is 0 Å². The number of aromatic amines is 2. The Kier molecular flexibility index (Phi) is 3.22. The fraction of sp³-hybridized carbons (Fsp3) is 0.333. The number of hydrogen-bond donors (Lipinski definition) is 2. The predicted octanol–water partition coefficient (Wildman–Crippen LogP) is 0.925. The van der Waals surface area contributed by atoms with E-state index in [-0.39, 0.29) is 17.6 Å². The lowest BCUT2D eigenvalue weighted by Crippen LogP contribution is -2.40. The van der Waals surface area contributed by atoms with Crippen LogP contribution in [0.2, 0.25) is 0 Å². The Morgan fingerprint density at radius 2 is 2.00 bits per heavy atom. The monoisotopic (exact) mass is 312 g/mol. The third-order valence-corrected chi connectivity index (χ3v) is 4.37. The van der Waals surface area contributed by atoms with Gasteiger partial charge in [-0.1, -0.05) is 12.1 Å².